The standard InChI is InChI=1S/C15H17NO/c1-10(2)16-15(17)13-8-7-12-6-4-5-11(3)14(12)9-13/h4-10H,1-3H3,(H,16,17). The smallest absolute Gasteiger partial charge is 0.251 e. The van der Waals surface area contributed by atoms with E-state index in [9.17, 15) is 4.79 Å². The minimum atomic E-state index is -0.00912. The summed E-state index contributed by atoms with van der Waals surface area (Å²) in [7, 11) is 0. The van der Waals surface area contributed by atoms with Gasteiger partial charge in [0.1, 0.15) is 0 Å². The van der Waals surface area contributed by atoms with Gasteiger partial charge in [0.25, 0.3) is 5.91 Å². The Labute approximate surface area is 102 Å². The summed E-state index contributed by atoms with van der Waals surface area (Å²) in [5, 5.41) is 5.22. The molecule has 2 heteroatoms. The van der Waals surface area contributed by atoms with E-state index < -0.39 is 0 Å². The third kappa shape index (κ3) is 2.47. The SMILES string of the molecule is Cc1cccc2ccc(C(=O)NC(C)C)cc12. The van der Waals surface area contributed by atoms with Crippen LogP contribution < -0.4 is 5.32 Å². The van der Waals surface area contributed by atoms with Crippen molar-refractivity contribution in [1.82, 2.24) is 5.32 Å². The fourth-order valence-corrected chi connectivity index (χ4v) is 1.92. The van der Waals surface area contributed by atoms with Crippen molar-refractivity contribution in [1.29, 1.82) is 0 Å². The van der Waals surface area contributed by atoms with Crippen LogP contribution in [0.15, 0.2) is 36.4 Å². The molecule has 2 aromatic rings. The molecule has 0 aliphatic carbocycles. The van der Waals surface area contributed by atoms with E-state index >= 15 is 0 Å². The average molecular weight is 227 g/mol. The van der Waals surface area contributed by atoms with Crippen LogP contribution in [0.5, 0.6) is 0 Å². The van der Waals surface area contributed by atoms with E-state index in [4.69, 9.17) is 0 Å². The molecule has 88 valence electrons. The predicted molar refractivity (Wildman–Crippen MR) is 71.3 cm³/mol. The zero-order chi connectivity index (χ0) is 12.4. The van der Waals surface area contributed by atoms with Crippen molar-refractivity contribution in [2.75, 3.05) is 0 Å². The quantitative estimate of drug-likeness (QED) is 0.838. The number of carbonyl (C=O) groups is 1. The monoisotopic (exact) mass is 227 g/mol. The maximum absolute atomic E-state index is 11.9. The molecule has 0 bridgehead atoms. The van der Waals surface area contributed by atoms with Crippen LogP contribution in [-0.2, 0) is 0 Å². The zero-order valence-corrected chi connectivity index (χ0v) is 10.4. The van der Waals surface area contributed by atoms with Gasteiger partial charge in [-0.1, -0.05) is 24.3 Å². The lowest BCUT2D eigenvalue weighted by atomic mass is 10.0. The van der Waals surface area contributed by atoms with Gasteiger partial charge in [-0.3, -0.25) is 4.79 Å². The number of amides is 1. The predicted octanol–water partition coefficient (Wildman–Crippen LogP) is 3.29. The lowest BCUT2D eigenvalue weighted by Crippen LogP contribution is -2.29. The molecule has 2 rings (SSSR count). The molecule has 2 aromatic carbocycles. The normalized spacial score (nSPS) is 10.8. The third-order valence-corrected chi connectivity index (χ3v) is 2.78. The maximum atomic E-state index is 11.9. The Bertz CT molecular complexity index is 558. The van der Waals surface area contributed by atoms with Crippen molar-refractivity contribution in [3.8, 4) is 0 Å². The second-order valence-corrected chi connectivity index (χ2v) is 4.64. The molecule has 0 aliphatic rings. The molecule has 0 aromatic heterocycles. The molecule has 0 fully saturated rings. The number of nitrogens with one attached hydrogen (secondary N) is 1. The molecule has 0 atom stereocenters. The highest BCUT2D eigenvalue weighted by Gasteiger charge is 2.07. The zero-order valence-electron chi connectivity index (χ0n) is 10.4. The van der Waals surface area contributed by atoms with E-state index in [0.29, 0.717) is 0 Å². The number of hydrogen-bond acceptors (Lipinski definition) is 1. The Morgan fingerprint density at radius 2 is 1.94 bits per heavy atom. The van der Waals surface area contributed by atoms with E-state index in [-0.39, 0.29) is 11.9 Å². The van der Waals surface area contributed by atoms with E-state index in [1.807, 2.05) is 38.1 Å². The van der Waals surface area contributed by atoms with E-state index in [0.717, 1.165) is 10.9 Å². The summed E-state index contributed by atoms with van der Waals surface area (Å²) in [6.45, 7) is 5.99. The topological polar surface area (TPSA) is 29.1 Å². The lowest BCUT2D eigenvalue weighted by Gasteiger charge is -2.09. The molecule has 1 amide bonds. The van der Waals surface area contributed by atoms with Gasteiger partial charge >= 0.3 is 0 Å². The summed E-state index contributed by atoms with van der Waals surface area (Å²) < 4.78 is 0. The van der Waals surface area contributed by atoms with Gasteiger partial charge in [-0.05, 0) is 49.2 Å². The summed E-state index contributed by atoms with van der Waals surface area (Å²) in [5.74, 6) is -0.00912. The van der Waals surface area contributed by atoms with Gasteiger partial charge < -0.3 is 5.32 Å². The second-order valence-electron chi connectivity index (χ2n) is 4.64. The summed E-state index contributed by atoms with van der Waals surface area (Å²) in [6.07, 6.45) is 0. The first-order valence-corrected chi connectivity index (χ1v) is 5.88. The van der Waals surface area contributed by atoms with Crippen molar-refractivity contribution < 1.29 is 4.79 Å². The number of fused-ring (bicyclic) bond motifs is 1. The van der Waals surface area contributed by atoms with Crippen molar-refractivity contribution in [3.05, 3.63) is 47.5 Å². The molecular formula is C15H17NO. The fraction of sp³-hybridized carbons (Fsp3) is 0.267. The first kappa shape index (κ1) is 11.6. The van der Waals surface area contributed by atoms with Crippen LogP contribution >= 0.6 is 0 Å². The highest BCUT2D eigenvalue weighted by atomic mass is 16.1. The maximum Gasteiger partial charge on any atom is 0.251 e. The Hall–Kier alpha value is -1.83. The molecule has 0 spiro atoms. The molecule has 0 heterocycles. The van der Waals surface area contributed by atoms with Crippen LogP contribution in [0.1, 0.15) is 29.8 Å². The molecule has 0 radical (unpaired) electrons. The van der Waals surface area contributed by atoms with Gasteiger partial charge in [0, 0.05) is 11.6 Å². The molecule has 0 saturated carbocycles. The average Bonchev–Trinajstić information content (AvgIpc) is 2.28. The second kappa shape index (κ2) is 4.58. The number of benzene rings is 2. The minimum absolute atomic E-state index is 0.00912. The highest BCUT2D eigenvalue weighted by molar-refractivity contribution is 5.99. The van der Waals surface area contributed by atoms with E-state index in [1.165, 1.54) is 10.9 Å². The van der Waals surface area contributed by atoms with Crippen LogP contribution in [0.3, 0.4) is 0 Å². The minimum Gasteiger partial charge on any atom is -0.350 e. The van der Waals surface area contributed by atoms with Crippen molar-refractivity contribution in [2.45, 2.75) is 26.8 Å². The van der Waals surface area contributed by atoms with Gasteiger partial charge in [0.05, 0.1) is 0 Å². The van der Waals surface area contributed by atoms with Gasteiger partial charge in [-0.2, -0.15) is 0 Å². The Morgan fingerprint density at radius 1 is 1.18 bits per heavy atom. The Morgan fingerprint density at radius 3 is 2.65 bits per heavy atom. The van der Waals surface area contributed by atoms with Crippen LogP contribution in [0.2, 0.25) is 0 Å². The number of rotatable bonds is 2. The summed E-state index contributed by atoms with van der Waals surface area (Å²) in [5.41, 5.74) is 1.92. The first-order valence-electron chi connectivity index (χ1n) is 5.88. The first-order chi connectivity index (χ1) is 8.08. The third-order valence-electron chi connectivity index (χ3n) is 2.78. The Kier molecular flexibility index (Phi) is 3.14. The van der Waals surface area contributed by atoms with Crippen molar-refractivity contribution in [3.63, 3.8) is 0 Å². The van der Waals surface area contributed by atoms with Crippen molar-refractivity contribution in [2.24, 2.45) is 0 Å². The molecule has 1 N–H and O–H groups in total. The highest BCUT2D eigenvalue weighted by Crippen LogP contribution is 2.19. The molecule has 0 unspecified atom stereocenters. The van der Waals surface area contributed by atoms with Crippen LogP contribution in [-0.4, -0.2) is 11.9 Å². The molecule has 17 heavy (non-hydrogen) atoms. The van der Waals surface area contributed by atoms with Crippen LogP contribution in [0.4, 0.5) is 0 Å². The van der Waals surface area contributed by atoms with Gasteiger partial charge in [0.2, 0.25) is 0 Å². The van der Waals surface area contributed by atoms with Crippen LogP contribution in [0, 0.1) is 6.92 Å². The largest absolute Gasteiger partial charge is 0.350 e. The van der Waals surface area contributed by atoms with Gasteiger partial charge in [-0.15, -0.1) is 0 Å². The van der Waals surface area contributed by atoms with Crippen molar-refractivity contribution >= 4 is 16.7 Å². The van der Waals surface area contributed by atoms with E-state index in [2.05, 4.69) is 24.4 Å². The molecule has 0 aliphatic heterocycles. The lowest BCUT2D eigenvalue weighted by molar-refractivity contribution is 0.0943. The van der Waals surface area contributed by atoms with E-state index in [1.54, 1.807) is 0 Å². The summed E-state index contributed by atoms with van der Waals surface area (Å²) in [6, 6.07) is 12.2. The van der Waals surface area contributed by atoms with Crippen LogP contribution in [0.25, 0.3) is 10.8 Å². The van der Waals surface area contributed by atoms with Gasteiger partial charge in [0.15, 0.2) is 0 Å². The fourth-order valence-electron chi connectivity index (χ4n) is 1.92. The Balaban J connectivity index is 2.44. The number of hydrogen-bond donors (Lipinski definition) is 1. The molecular weight excluding hydrogens is 210 g/mol. The van der Waals surface area contributed by atoms with Gasteiger partial charge in [-0.25, -0.2) is 0 Å². The molecule has 2 nitrogen and oxygen atoms in total. The number of aryl methyl sites for hydroxylation is 1. The number of carbonyl (C=O) groups excluding carboxylic acids is 1. The summed E-state index contributed by atoms with van der Waals surface area (Å²) >= 11 is 0. The summed E-state index contributed by atoms with van der Waals surface area (Å²) in [4.78, 5) is 11.9. The molecule has 0 saturated heterocycles.